The van der Waals surface area contributed by atoms with E-state index in [0.717, 1.165) is 16.6 Å². The number of aryl methyl sites for hydroxylation is 2. The number of hydrogen-bond acceptors (Lipinski definition) is 2. The largest absolute Gasteiger partial charge is 0.481 e. The van der Waals surface area contributed by atoms with Gasteiger partial charge in [-0.05, 0) is 37.1 Å². The fourth-order valence-electron chi connectivity index (χ4n) is 1.55. The van der Waals surface area contributed by atoms with Gasteiger partial charge in [0.2, 0.25) is 0 Å². The van der Waals surface area contributed by atoms with Crippen LogP contribution in [0.4, 0.5) is 0 Å². The highest BCUT2D eigenvalue weighted by Crippen LogP contribution is 2.17. The molecule has 0 saturated carbocycles. The molecule has 2 N–H and O–H groups in total. The Balaban J connectivity index is 2.51. The van der Waals surface area contributed by atoms with Gasteiger partial charge < -0.3 is 10.1 Å². The zero-order chi connectivity index (χ0) is 11.0. The monoisotopic (exact) mass is 204 g/mol. The molecule has 0 atom stereocenters. The van der Waals surface area contributed by atoms with Gasteiger partial charge in [-0.2, -0.15) is 0 Å². The first-order valence-corrected chi connectivity index (χ1v) is 4.74. The van der Waals surface area contributed by atoms with Crippen LogP contribution in [0.3, 0.4) is 0 Å². The van der Waals surface area contributed by atoms with E-state index in [9.17, 15) is 4.79 Å². The Morgan fingerprint density at radius 1 is 1.40 bits per heavy atom. The number of aliphatic carboxylic acids is 1. The number of hydrogen-bond donors (Lipinski definition) is 2. The highest BCUT2D eigenvalue weighted by molar-refractivity contribution is 5.78. The summed E-state index contributed by atoms with van der Waals surface area (Å²) >= 11 is 0. The molecule has 15 heavy (non-hydrogen) atoms. The van der Waals surface area contributed by atoms with Crippen molar-refractivity contribution >= 4 is 17.0 Å². The molecule has 2 rings (SSSR count). The summed E-state index contributed by atoms with van der Waals surface area (Å²) in [5.41, 5.74) is 4.06. The number of carboxylic acid groups (broad SMARTS) is 1. The molecule has 4 nitrogen and oxygen atoms in total. The number of nitrogens with zero attached hydrogens (tertiary/aromatic N) is 1. The van der Waals surface area contributed by atoms with E-state index < -0.39 is 5.97 Å². The minimum absolute atomic E-state index is 0.0627. The standard InChI is InChI=1S/C11H12N2O2/c1-6-3-8-9(4-7(6)2)13-10(12-8)5-11(14)15/h3-4H,5H2,1-2H3,(H,12,13)(H,14,15). The molecule has 0 saturated heterocycles. The zero-order valence-corrected chi connectivity index (χ0v) is 8.66. The molecule has 0 aliphatic carbocycles. The van der Waals surface area contributed by atoms with Crippen LogP contribution in [0.5, 0.6) is 0 Å². The van der Waals surface area contributed by atoms with Crippen LogP contribution in [0.15, 0.2) is 12.1 Å². The highest BCUT2D eigenvalue weighted by Gasteiger charge is 2.07. The van der Waals surface area contributed by atoms with E-state index in [0.29, 0.717) is 5.82 Å². The molecule has 1 heterocycles. The van der Waals surface area contributed by atoms with Crippen LogP contribution < -0.4 is 0 Å². The van der Waals surface area contributed by atoms with Crippen molar-refractivity contribution in [2.45, 2.75) is 20.3 Å². The molecular weight excluding hydrogens is 192 g/mol. The summed E-state index contributed by atoms with van der Waals surface area (Å²) in [6.45, 7) is 4.03. The lowest BCUT2D eigenvalue weighted by Gasteiger charge is -1.97. The van der Waals surface area contributed by atoms with Gasteiger partial charge >= 0.3 is 5.97 Å². The number of nitrogens with one attached hydrogen (secondary N) is 1. The maximum absolute atomic E-state index is 10.5. The van der Waals surface area contributed by atoms with Gasteiger partial charge in [-0.25, -0.2) is 4.98 Å². The first-order valence-electron chi connectivity index (χ1n) is 4.74. The first-order chi connectivity index (χ1) is 7.06. The fourth-order valence-corrected chi connectivity index (χ4v) is 1.55. The molecule has 1 aromatic carbocycles. The maximum Gasteiger partial charge on any atom is 0.311 e. The third-order valence-electron chi connectivity index (χ3n) is 2.47. The summed E-state index contributed by atoms with van der Waals surface area (Å²) in [6, 6.07) is 3.95. The van der Waals surface area contributed by atoms with Gasteiger partial charge in [0.25, 0.3) is 0 Å². The molecule has 0 bridgehead atoms. The highest BCUT2D eigenvalue weighted by atomic mass is 16.4. The Bertz CT molecular complexity index is 490. The lowest BCUT2D eigenvalue weighted by molar-refractivity contribution is -0.136. The maximum atomic E-state index is 10.5. The lowest BCUT2D eigenvalue weighted by Crippen LogP contribution is -2.01. The molecule has 2 aromatic rings. The zero-order valence-electron chi connectivity index (χ0n) is 8.66. The molecule has 0 radical (unpaired) electrons. The van der Waals surface area contributed by atoms with Crippen molar-refractivity contribution in [2.24, 2.45) is 0 Å². The number of fused-ring (bicyclic) bond motifs is 1. The molecular formula is C11H12N2O2. The van der Waals surface area contributed by atoms with Crippen molar-refractivity contribution < 1.29 is 9.90 Å². The van der Waals surface area contributed by atoms with E-state index in [2.05, 4.69) is 9.97 Å². The van der Waals surface area contributed by atoms with Gasteiger partial charge in [0.15, 0.2) is 0 Å². The fraction of sp³-hybridized carbons (Fsp3) is 0.273. The Morgan fingerprint density at radius 2 is 2.07 bits per heavy atom. The summed E-state index contributed by atoms with van der Waals surface area (Å²) in [7, 11) is 0. The van der Waals surface area contributed by atoms with Crippen LogP contribution in [0.1, 0.15) is 17.0 Å². The van der Waals surface area contributed by atoms with Crippen LogP contribution >= 0.6 is 0 Å². The number of aromatic amines is 1. The second-order valence-corrected chi connectivity index (χ2v) is 3.71. The van der Waals surface area contributed by atoms with Crippen molar-refractivity contribution in [1.82, 2.24) is 9.97 Å². The summed E-state index contributed by atoms with van der Waals surface area (Å²) in [4.78, 5) is 17.7. The quantitative estimate of drug-likeness (QED) is 0.784. The number of imidazole rings is 1. The average Bonchev–Trinajstić information content (AvgIpc) is 2.46. The molecule has 0 fully saturated rings. The van der Waals surface area contributed by atoms with Crippen LogP contribution in [0, 0.1) is 13.8 Å². The molecule has 0 aliphatic heterocycles. The number of carbonyl (C=O) groups is 1. The number of aromatic nitrogens is 2. The van der Waals surface area contributed by atoms with Crippen LogP contribution in [-0.4, -0.2) is 21.0 Å². The number of benzene rings is 1. The second-order valence-electron chi connectivity index (χ2n) is 3.71. The van der Waals surface area contributed by atoms with Crippen molar-refractivity contribution in [3.63, 3.8) is 0 Å². The Morgan fingerprint density at radius 3 is 2.73 bits per heavy atom. The van der Waals surface area contributed by atoms with Gasteiger partial charge in [-0.3, -0.25) is 4.79 Å². The van der Waals surface area contributed by atoms with Crippen molar-refractivity contribution in [1.29, 1.82) is 0 Å². The summed E-state index contributed by atoms with van der Waals surface area (Å²) in [5.74, 6) is -0.370. The first kappa shape index (κ1) is 9.71. The number of carboxylic acids is 1. The minimum Gasteiger partial charge on any atom is -0.481 e. The molecule has 78 valence electrons. The Labute approximate surface area is 87.0 Å². The van der Waals surface area contributed by atoms with Crippen LogP contribution in [-0.2, 0) is 11.2 Å². The molecule has 1 aromatic heterocycles. The molecule has 0 aliphatic rings. The predicted molar refractivity (Wildman–Crippen MR) is 56.9 cm³/mol. The molecule has 0 spiro atoms. The van der Waals surface area contributed by atoms with E-state index in [1.165, 1.54) is 5.56 Å². The number of rotatable bonds is 2. The normalized spacial score (nSPS) is 10.8. The van der Waals surface area contributed by atoms with E-state index in [-0.39, 0.29) is 6.42 Å². The van der Waals surface area contributed by atoms with Gasteiger partial charge in [-0.1, -0.05) is 0 Å². The molecule has 0 unspecified atom stereocenters. The number of H-pyrrole nitrogens is 1. The smallest absolute Gasteiger partial charge is 0.311 e. The third-order valence-corrected chi connectivity index (χ3v) is 2.47. The summed E-state index contributed by atoms with van der Waals surface area (Å²) < 4.78 is 0. The van der Waals surface area contributed by atoms with Crippen LogP contribution in [0.25, 0.3) is 11.0 Å². The predicted octanol–water partition coefficient (Wildman–Crippen LogP) is 1.81. The summed E-state index contributed by atoms with van der Waals surface area (Å²) in [6.07, 6.45) is -0.0627. The van der Waals surface area contributed by atoms with Gasteiger partial charge in [0, 0.05) is 0 Å². The molecule has 0 amide bonds. The van der Waals surface area contributed by atoms with Crippen molar-refractivity contribution in [3.05, 3.63) is 29.1 Å². The van der Waals surface area contributed by atoms with Crippen molar-refractivity contribution in [2.75, 3.05) is 0 Å². The topological polar surface area (TPSA) is 66.0 Å². The van der Waals surface area contributed by atoms with Gasteiger partial charge in [-0.15, -0.1) is 0 Å². The summed E-state index contributed by atoms with van der Waals surface area (Å²) in [5, 5.41) is 8.64. The van der Waals surface area contributed by atoms with Crippen LogP contribution in [0.2, 0.25) is 0 Å². The SMILES string of the molecule is Cc1cc2nc(CC(=O)O)[nH]c2cc1C. The van der Waals surface area contributed by atoms with E-state index in [1.54, 1.807) is 0 Å². The van der Waals surface area contributed by atoms with Gasteiger partial charge in [0.1, 0.15) is 12.2 Å². The van der Waals surface area contributed by atoms with Crippen molar-refractivity contribution in [3.8, 4) is 0 Å². The minimum atomic E-state index is -0.873. The average molecular weight is 204 g/mol. The Kier molecular flexibility index (Phi) is 2.19. The molecule has 4 heteroatoms. The second kappa shape index (κ2) is 3.38. The Hall–Kier alpha value is -1.84. The van der Waals surface area contributed by atoms with E-state index in [4.69, 9.17) is 5.11 Å². The van der Waals surface area contributed by atoms with E-state index in [1.807, 2.05) is 26.0 Å². The lowest BCUT2D eigenvalue weighted by atomic mass is 10.1. The van der Waals surface area contributed by atoms with Gasteiger partial charge in [0.05, 0.1) is 11.0 Å². The third kappa shape index (κ3) is 1.83. The van der Waals surface area contributed by atoms with E-state index >= 15 is 0 Å².